The number of thiophene rings is 1. The number of hydrogen-bond acceptors (Lipinski definition) is 4. The number of anilines is 2. The van der Waals surface area contributed by atoms with Gasteiger partial charge < -0.3 is 15.1 Å². The molecule has 32 heavy (non-hydrogen) atoms. The van der Waals surface area contributed by atoms with Crippen LogP contribution in [0.2, 0.25) is 5.02 Å². The third-order valence-electron chi connectivity index (χ3n) is 6.35. The zero-order valence-electron chi connectivity index (χ0n) is 18.2. The van der Waals surface area contributed by atoms with Gasteiger partial charge in [-0.15, -0.1) is 11.3 Å². The number of rotatable bonds is 4. The van der Waals surface area contributed by atoms with E-state index in [2.05, 4.69) is 75.7 Å². The van der Waals surface area contributed by atoms with Crippen LogP contribution in [0.1, 0.15) is 42.9 Å². The van der Waals surface area contributed by atoms with Crippen molar-refractivity contribution in [3.63, 3.8) is 0 Å². The topological polar surface area (TPSA) is 31.4 Å². The van der Waals surface area contributed by atoms with Gasteiger partial charge in [0.05, 0.1) is 28.5 Å². The van der Waals surface area contributed by atoms with Crippen LogP contribution in [-0.4, -0.2) is 23.2 Å². The summed E-state index contributed by atoms with van der Waals surface area (Å²) < 4.78 is 0. The minimum Gasteiger partial charge on any atom is -0.370 e. The van der Waals surface area contributed by atoms with Crippen LogP contribution in [0, 0.1) is 11.8 Å². The summed E-state index contributed by atoms with van der Waals surface area (Å²) in [6, 6.07) is 16.6. The van der Waals surface area contributed by atoms with E-state index in [1.54, 1.807) is 11.3 Å². The molecule has 3 aromatic rings. The first-order valence-corrected chi connectivity index (χ1v) is 12.8. The molecular weight excluding hydrogens is 456 g/mol. The number of hydrogen-bond donors (Lipinski definition) is 1. The molecule has 2 fully saturated rings. The molecule has 0 spiro atoms. The van der Waals surface area contributed by atoms with Crippen molar-refractivity contribution in [2.45, 2.75) is 32.4 Å². The molecular formula is C25H27ClN4S2. The summed E-state index contributed by atoms with van der Waals surface area (Å²) >= 11 is 14.4. The highest BCUT2D eigenvalue weighted by Gasteiger charge is 2.41. The van der Waals surface area contributed by atoms with Gasteiger partial charge in [-0.2, -0.15) is 0 Å². The average Bonchev–Trinajstić information content (AvgIpc) is 3.41. The molecule has 2 saturated heterocycles. The second-order valence-electron chi connectivity index (χ2n) is 9.00. The summed E-state index contributed by atoms with van der Waals surface area (Å²) in [7, 11) is 0. The van der Waals surface area contributed by atoms with Gasteiger partial charge in [0.15, 0.2) is 5.11 Å². The molecule has 166 valence electrons. The predicted molar refractivity (Wildman–Crippen MR) is 139 cm³/mol. The van der Waals surface area contributed by atoms with Crippen molar-refractivity contribution in [2.24, 2.45) is 11.8 Å². The maximum absolute atomic E-state index is 6.87. The molecule has 0 radical (unpaired) electrons. The van der Waals surface area contributed by atoms with E-state index < -0.39 is 0 Å². The standard InChI is InChI=1S/C25H27ClN4S2/c1-16-12-17(2)15-29(14-16)21-9-8-18(13-19(21)26)30-24(22-7-5-11-32-22)23(28-25(30)31)20-6-3-4-10-27-20/h3-11,13,16-17,23-24H,12,14-15H2,1-2H3,(H,28,31). The van der Waals surface area contributed by atoms with Crippen molar-refractivity contribution in [1.29, 1.82) is 0 Å². The maximum atomic E-state index is 6.87. The molecule has 0 bridgehead atoms. The molecule has 0 aliphatic carbocycles. The number of halogens is 1. The van der Waals surface area contributed by atoms with Gasteiger partial charge in [0.1, 0.15) is 0 Å². The molecule has 0 amide bonds. The summed E-state index contributed by atoms with van der Waals surface area (Å²) in [5, 5.41) is 7.10. The van der Waals surface area contributed by atoms with Crippen LogP contribution in [0.15, 0.2) is 60.1 Å². The maximum Gasteiger partial charge on any atom is 0.174 e. The fourth-order valence-corrected chi connectivity index (χ4v) is 6.64. The molecule has 4 nitrogen and oxygen atoms in total. The fraction of sp³-hybridized carbons (Fsp3) is 0.360. The quantitative estimate of drug-likeness (QED) is 0.431. The summed E-state index contributed by atoms with van der Waals surface area (Å²) in [4.78, 5) is 10.5. The highest BCUT2D eigenvalue weighted by Crippen LogP contribution is 2.44. The summed E-state index contributed by atoms with van der Waals surface area (Å²) in [5.41, 5.74) is 3.10. The van der Waals surface area contributed by atoms with Crippen LogP contribution in [0.3, 0.4) is 0 Å². The van der Waals surface area contributed by atoms with Gasteiger partial charge >= 0.3 is 0 Å². The van der Waals surface area contributed by atoms with Gasteiger partial charge in [0.2, 0.25) is 0 Å². The lowest BCUT2D eigenvalue weighted by molar-refractivity contribution is 0.357. The van der Waals surface area contributed by atoms with E-state index in [1.807, 2.05) is 18.3 Å². The second-order valence-corrected chi connectivity index (χ2v) is 10.8. The van der Waals surface area contributed by atoms with E-state index in [1.165, 1.54) is 11.3 Å². The van der Waals surface area contributed by atoms with E-state index in [9.17, 15) is 0 Å². The number of nitrogens with one attached hydrogen (secondary N) is 1. The van der Waals surface area contributed by atoms with Crippen molar-refractivity contribution in [3.05, 3.63) is 75.7 Å². The van der Waals surface area contributed by atoms with Crippen LogP contribution >= 0.6 is 35.2 Å². The smallest absolute Gasteiger partial charge is 0.174 e. The third-order valence-corrected chi connectivity index (χ3v) is 7.91. The van der Waals surface area contributed by atoms with Gasteiger partial charge in [0, 0.05) is 29.9 Å². The summed E-state index contributed by atoms with van der Waals surface area (Å²) in [5.74, 6) is 1.35. The monoisotopic (exact) mass is 482 g/mol. The normalized spacial score (nSPS) is 25.8. The predicted octanol–water partition coefficient (Wildman–Crippen LogP) is 6.46. The van der Waals surface area contributed by atoms with E-state index in [4.69, 9.17) is 23.8 Å². The zero-order chi connectivity index (χ0) is 22.2. The molecule has 5 rings (SSSR count). The lowest BCUT2D eigenvalue weighted by atomic mass is 9.91. The Kier molecular flexibility index (Phi) is 6.10. The third kappa shape index (κ3) is 4.12. The Morgan fingerprint density at radius 3 is 2.56 bits per heavy atom. The zero-order valence-corrected chi connectivity index (χ0v) is 20.6. The Labute approximate surface area is 204 Å². The fourth-order valence-electron chi connectivity index (χ4n) is 5.14. The van der Waals surface area contributed by atoms with Crippen molar-refractivity contribution < 1.29 is 0 Å². The van der Waals surface area contributed by atoms with E-state index in [-0.39, 0.29) is 12.1 Å². The Bertz CT molecular complexity index is 1080. The minimum atomic E-state index is -0.0235. The lowest BCUT2D eigenvalue weighted by Gasteiger charge is -2.37. The number of pyridine rings is 1. The molecule has 1 aromatic carbocycles. The number of benzene rings is 1. The van der Waals surface area contributed by atoms with Crippen LogP contribution in [0.25, 0.3) is 0 Å². The van der Waals surface area contributed by atoms with Crippen LogP contribution in [0.5, 0.6) is 0 Å². The van der Waals surface area contributed by atoms with Gasteiger partial charge in [0.25, 0.3) is 0 Å². The molecule has 2 aliphatic heterocycles. The Balaban J connectivity index is 1.50. The molecule has 4 unspecified atom stereocenters. The van der Waals surface area contributed by atoms with Gasteiger partial charge in [-0.1, -0.05) is 37.6 Å². The van der Waals surface area contributed by atoms with Gasteiger partial charge in [-0.25, -0.2) is 0 Å². The van der Waals surface area contributed by atoms with E-state index in [0.29, 0.717) is 16.9 Å². The van der Waals surface area contributed by atoms with Crippen molar-refractivity contribution >= 4 is 51.6 Å². The number of thiocarbonyl (C=S) groups is 1. The molecule has 7 heteroatoms. The second kappa shape index (κ2) is 9.00. The van der Waals surface area contributed by atoms with E-state index >= 15 is 0 Å². The largest absolute Gasteiger partial charge is 0.370 e. The van der Waals surface area contributed by atoms with E-state index in [0.717, 1.165) is 35.2 Å². The molecule has 0 saturated carbocycles. The first-order valence-electron chi connectivity index (χ1n) is 11.1. The lowest BCUT2D eigenvalue weighted by Crippen LogP contribution is -2.38. The highest BCUT2D eigenvalue weighted by molar-refractivity contribution is 7.80. The number of nitrogens with zero attached hydrogens (tertiary/aromatic N) is 3. The Morgan fingerprint density at radius 1 is 1.09 bits per heavy atom. The van der Waals surface area contributed by atoms with Gasteiger partial charge in [-0.05, 0) is 72.3 Å². The molecule has 2 aliphatic rings. The molecule has 1 N–H and O–H groups in total. The van der Waals surface area contributed by atoms with Crippen molar-refractivity contribution in [2.75, 3.05) is 22.9 Å². The molecule has 4 atom stereocenters. The van der Waals surface area contributed by atoms with Crippen molar-refractivity contribution in [1.82, 2.24) is 10.3 Å². The molecule has 4 heterocycles. The first kappa shape index (κ1) is 21.7. The SMILES string of the molecule is CC1CC(C)CN(c2ccc(N3C(=S)NC(c4ccccn4)C3c3cccs3)cc2Cl)C1. The van der Waals surface area contributed by atoms with Crippen molar-refractivity contribution in [3.8, 4) is 0 Å². The van der Waals surface area contributed by atoms with Crippen LogP contribution in [-0.2, 0) is 0 Å². The average molecular weight is 483 g/mol. The van der Waals surface area contributed by atoms with Crippen LogP contribution < -0.4 is 15.1 Å². The van der Waals surface area contributed by atoms with Crippen LogP contribution in [0.4, 0.5) is 11.4 Å². The number of piperidine rings is 1. The Hall–Kier alpha value is -2.15. The molecule has 2 aromatic heterocycles. The summed E-state index contributed by atoms with van der Waals surface area (Å²) in [6.07, 6.45) is 3.11. The summed E-state index contributed by atoms with van der Waals surface area (Å²) in [6.45, 7) is 6.74. The first-order chi connectivity index (χ1) is 15.5. The van der Waals surface area contributed by atoms with Gasteiger partial charge in [-0.3, -0.25) is 4.98 Å². The number of aromatic nitrogens is 1. The highest BCUT2D eigenvalue weighted by atomic mass is 35.5. The minimum absolute atomic E-state index is 0.0225. The Morgan fingerprint density at radius 2 is 1.91 bits per heavy atom.